The highest BCUT2D eigenvalue weighted by molar-refractivity contribution is 5.61. The lowest BCUT2D eigenvalue weighted by atomic mass is 9.84. The van der Waals surface area contributed by atoms with Crippen molar-refractivity contribution < 1.29 is 5.11 Å². The van der Waals surface area contributed by atoms with E-state index in [0.29, 0.717) is 23.8 Å². The molecule has 1 fully saturated rings. The molecule has 0 radical (unpaired) electrons. The van der Waals surface area contributed by atoms with Crippen molar-refractivity contribution in [1.29, 1.82) is 5.26 Å². The van der Waals surface area contributed by atoms with Crippen LogP contribution in [0.3, 0.4) is 0 Å². The molecule has 2 N–H and O–H groups in total. The standard InChI is InChI=1S/C17H23N3O/c18-11-15-13-7-4-8-14(13)16(12-5-2-1-3-6-12)20-17(15)19-9-10-21/h12,21H,1-10H2,(H,19,20). The van der Waals surface area contributed by atoms with E-state index >= 15 is 0 Å². The van der Waals surface area contributed by atoms with Gasteiger partial charge in [-0.2, -0.15) is 5.26 Å². The molecule has 0 unspecified atom stereocenters. The molecule has 0 bridgehead atoms. The normalized spacial score (nSPS) is 18.3. The third-order valence-electron chi connectivity index (χ3n) is 4.81. The highest BCUT2D eigenvalue weighted by Crippen LogP contribution is 2.39. The number of hydrogen-bond donors (Lipinski definition) is 2. The Morgan fingerprint density at radius 1 is 1.14 bits per heavy atom. The second-order valence-electron chi connectivity index (χ2n) is 6.13. The van der Waals surface area contributed by atoms with E-state index in [0.717, 1.165) is 19.3 Å². The molecule has 1 saturated carbocycles. The van der Waals surface area contributed by atoms with Crippen LogP contribution in [0.15, 0.2) is 0 Å². The van der Waals surface area contributed by atoms with Gasteiger partial charge in [0.15, 0.2) is 0 Å². The molecule has 21 heavy (non-hydrogen) atoms. The zero-order valence-corrected chi connectivity index (χ0v) is 12.5. The van der Waals surface area contributed by atoms with Gasteiger partial charge >= 0.3 is 0 Å². The molecule has 4 nitrogen and oxygen atoms in total. The van der Waals surface area contributed by atoms with Crippen molar-refractivity contribution in [3.05, 3.63) is 22.4 Å². The lowest BCUT2D eigenvalue weighted by molar-refractivity contribution is 0.311. The molecule has 1 aromatic heterocycles. The third kappa shape index (κ3) is 2.75. The van der Waals surface area contributed by atoms with E-state index in [1.807, 2.05) is 0 Å². The second-order valence-corrected chi connectivity index (χ2v) is 6.13. The van der Waals surface area contributed by atoms with Crippen LogP contribution < -0.4 is 5.32 Å². The largest absolute Gasteiger partial charge is 0.395 e. The van der Waals surface area contributed by atoms with Gasteiger partial charge in [0.2, 0.25) is 0 Å². The van der Waals surface area contributed by atoms with Gasteiger partial charge < -0.3 is 10.4 Å². The highest BCUT2D eigenvalue weighted by Gasteiger charge is 2.28. The summed E-state index contributed by atoms with van der Waals surface area (Å²) >= 11 is 0. The summed E-state index contributed by atoms with van der Waals surface area (Å²) in [6.45, 7) is 0.507. The van der Waals surface area contributed by atoms with E-state index in [1.54, 1.807) is 0 Å². The molecule has 2 aliphatic carbocycles. The van der Waals surface area contributed by atoms with Crippen molar-refractivity contribution >= 4 is 5.82 Å². The smallest absolute Gasteiger partial charge is 0.144 e. The van der Waals surface area contributed by atoms with Crippen LogP contribution in [-0.2, 0) is 12.8 Å². The van der Waals surface area contributed by atoms with E-state index in [1.165, 1.54) is 48.9 Å². The zero-order valence-electron chi connectivity index (χ0n) is 12.5. The molecule has 0 atom stereocenters. The average molecular weight is 285 g/mol. The van der Waals surface area contributed by atoms with Crippen molar-refractivity contribution in [2.45, 2.75) is 57.3 Å². The predicted octanol–water partition coefficient (Wildman–Crippen LogP) is 2.89. The average Bonchev–Trinajstić information content (AvgIpc) is 3.02. The summed E-state index contributed by atoms with van der Waals surface area (Å²) < 4.78 is 0. The van der Waals surface area contributed by atoms with Crippen LogP contribution in [0.1, 0.15) is 66.8 Å². The Morgan fingerprint density at radius 3 is 2.62 bits per heavy atom. The number of nitrogens with one attached hydrogen (secondary N) is 1. The van der Waals surface area contributed by atoms with E-state index in [9.17, 15) is 5.26 Å². The van der Waals surface area contributed by atoms with Gasteiger partial charge in [0.1, 0.15) is 11.9 Å². The maximum Gasteiger partial charge on any atom is 0.144 e. The topological polar surface area (TPSA) is 68.9 Å². The van der Waals surface area contributed by atoms with Gasteiger partial charge in [-0.15, -0.1) is 0 Å². The number of aliphatic hydroxyl groups excluding tert-OH is 1. The number of anilines is 1. The van der Waals surface area contributed by atoms with Crippen molar-refractivity contribution in [1.82, 2.24) is 4.98 Å². The fourth-order valence-electron chi connectivity index (χ4n) is 3.83. The first-order valence-electron chi connectivity index (χ1n) is 8.15. The van der Waals surface area contributed by atoms with E-state index < -0.39 is 0 Å². The Hall–Kier alpha value is -1.60. The Kier molecular flexibility index (Phi) is 4.40. The first-order chi connectivity index (χ1) is 10.3. The maximum absolute atomic E-state index is 9.49. The summed E-state index contributed by atoms with van der Waals surface area (Å²) in [7, 11) is 0. The Bertz CT molecular complexity index is 556. The number of nitriles is 1. The van der Waals surface area contributed by atoms with Gasteiger partial charge in [-0.3, -0.25) is 0 Å². The fraction of sp³-hybridized carbons (Fsp3) is 0.647. The second kappa shape index (κ2) is 6.44. The first kappa shape index (κ1) is 14.3. The molecule has 1 aromatic rings. The summed E-state index contributed by atoms with van der Waals surface area (Å²) in [5.74, 6) is 1.25. The number of hydrogen-bond acceptors (Lipinski definition) is 4. The molecule has 0 aliphatic heterocycles. The minimum Gasteiger partial charge on any atom is -0.395 e. The summed E-state index contributed by atoms with van der Waals surface area (Å²) in [6.07, 6.45) is 9.58. The summed E-state index contributed by atoms with van der Waals surface area (Å²) in [6, 6.07) is 2.33. The van der Waals surface area contributed by atoms with Gasteiger partial charge in [-0.1, -0.05) is 19.3 Å². The van der Waals surface area contributed by atoms with Crippen LogP contribution in [0.2, 0.25) is 0 Å². The van der Waals surface area contributed by atoms with E-state index in [2.05, 4.69) is 11.4 Å². The van der Waals surface area contributed by atoms with Gasteiger partial charge in [0.05, 0.1) is 12.2 Å². The van der Waals surface area contributed by atoms with Crippen LogP contribution in [0, 0.1) is 11.3 Å². The van der Waals surface area contributed by atoms with Crippen LogP contribution in [0.5, 0.6) is 0 Å². The number of nitrogens with zero attached hydrogens (tertiary/aromatic N) is 2. The number of aromatic nitrogens is 1. The molecular formula is C17H23N3O. The van der Waals surface area contributed by atoms with Crippen molar-refractivity contribution in [2.24, 2.45) is 0 Å². The minimum absolute atomic E-state index is 0.0579. The van der Waals surface area contributed by atoms with Crippen LogP contribution in [0.4, 0.5) is 5.82 Å². The lowest BCUT2D eigenvalue weighted by Gasteiger charge is -2.24. The van der Waals surface area contributed by atoms with Crippen molar-refractivity contribution in [2.75, 3.05) is 18.5 Å². The minimum atomic E-state index is 0.0579. The quantitative estimate of drug-likeness (QED) is 0.892. The summed E-state index contributed by atoms with van der Waals surface area (Å²) in [4.78, 5) is 4.83. The van der Waals surface area contributed by atoms with Gasteiger partial charge in [-0.05, 0) is 43.2 Å². The molecule has 1 heterocycles. The summed E-state index contributed by atoms with van der Waals surface area (Å²) in [5.41, 5.74) is 4.51. The zero-order chi connectivity index (χ0) is 14.7. The first-order valence-corrected chi connectivity index (χ1v) is 8.15. The lowest BCUT2D eigenvalue weighted by Crippen LogP contribution is -2.15. The fourth-order valence-corrected chi connectivity index (χ4v) is 3.83. The summed E-state index contributed by atoms with van der Waals surface area (Å²) in [5, 5.41) is 21.7. The molecule has 3 rings (SSSR count). The van der Waals surface area contributed by atoms with Gasteiger partial charge in [0, 0.05) is 18.2 Å². The molecule has 112 valence electrons. The molecule has 0 saturated heterocycles. The van der Waals surface area contributed by atoms with E-state index in [-0.39, 0.29) is 6.61 Å². The van der Waals surface area contributed by atoms with Gasteiger partial charge in [0.25, 0.3) is 0 Å². The molecule has 0 amide bonds. The highest BCUT2D eigenvalue weighted by atomic mass is 16.3. The van der Waals surface area contributed by atoms with Crippen LogP contribution >= 0.6 is 0 Å². The molecule has 4 heteroatoms. The maximum atomic E-state index is 9.49. The van der Waals surface area contributed by atoms with Gasteiger partial charge in [-0.25, -0.2) is 4.98 Å². The van der Waals surface area contributed by atoms with Crippen LogP contribution in [0.25, 0.3) is 0 Å². The SMILES string of the molecule is N#Cc1c(NCCO)nc(C2CCCCC2)c2c1CCC2. The number of aliphatic hydroxyl groups is 1. The van der Waals surface area contributed by atoms with Crippen molar-refractivity contribution in [3.8, 4) is 6.07 Å². The molecular weight excluding hydrogens is 262 g/mol. The molecule has 0 spiro atoms. The molecule has 0 aromatic carbocycles. The number of pyridine rings is 1. The van der Waals surface area contributed by atoms with Crippen molar-refractivity contribution in [3.63, 3.8) is 0 Å². The monoisotopic (exact) mass is 285 g/mol. The Balaban J connectivity index is 2.03. The Morgan fingerprint density at radius 2 is 1.90 bits per heavy atom. The number of rotatable bonds is 4. The third-order valence-corrected chi connectivity index (χ3v) is 4.81. The Labute approximate surface area is 126 Å². The molecule has 2 aliphatic rings. The van der Waals surface area contributed by atoms with Crippen LogP contribution in [-0.4, -0.2) is 23.2 Å². The number of fused-ring (bicyclic) bond motifs is 1. The van der Waals surface area contributed by atoms with E-state index in [4.69, 9.17) is 10.1 Å². The predicted molar refractivity (Wildman–Crippen MR) is 82.4 cm³/mol.